The zero-order valence-electron chi connectivity index (χ0n) is 2.73. The molecule has 0 saturated heterocycles. The van der Waals surface area contributed by atoms with E-state index in [1.165, 1.54) is 0 Å². The van der Waals surface area contributed by atoms with Gasteiger partial charge >= 0.3 is 0 Å². The molecule has 0 bridgehead atoms. The lowest BCUT2D eigenvalue weighted by atomic mass is 10.5. The number of terminal acetylenes is 1. The summed E-state index contributed by atoms with van der Waals surface area (Å²) in [7, 11) is 0. The Morgan fingerprint density at radius 1 is 1.80 bits per heavy atom. The van der Waals surface area contributed by atoms with Crippen molar-refractivity contribution in [1.29, 1.82) is 5.26 Å². The summed E-state index contributed by atoms with van der Waals surface area (Å²) in [5.74, 6) is 2.16. The normalized spacial score (nSPS) is 4.40. The molecule has 5 heavy (non-hydrogen) atoms. The van der Waals surface area contributed by atoms with Crippen LogP contribution in [0.25, 0.3) is 0 Å². The molecule has 0 aliphatic heterocycles. The second-order valence-corrected chi connectivity index (χ2v) is 0.539. The van der Waals surface area contributed by atoms with Crippen molar-refractivity contribution in [2.24, 2.45) is 0 Å². The highest BCUT2D eigenvalue weighted by Crippen LogP contribution is 1.59. The van der Waals surface area contributed by atoms with Gasteiger partial charge in [-0.25, -0.2) is 0 Å². The predicted molar refractivity (Wildman–Crippen MR) is 19.1 cm³/mol. The highest BCUT2D eigenvalue weighted by Gasteiger charge is 1.56. The van der Waals surface area contributed by atoms with Gasteiger partial charge in [0.2, 0.25) is 0 Å². The fourth-order valence-electron chi connectivity index (χ4n) is 0.0456. The third kappa shape index (κ3) is 3.05. The van der Waals surface area contributed by atoms with E-state index in [4.69, 9.17) is 5.26 Å². The van der Waals surface area contributed by atoms with Gasteiger partial charge in [-0.05, 0) is 0 Å². The zero-order valence-corrected chi connectivity index (χ0v) is 2.73. The minimum absolute atomic E-state index is 0.222. The second kappa shape index (κ2) is 3.05. The first kappa shape index (κ1) is 4.05. The van der Waals surface area contributed by atoms with Crippen LogP contribution in [0.3, 0.4) is 0 Å². The minimum atomic E-state index is 0.222. The maximum absolute atomic E-state index is 7.67. The molecule has 0 N–H and O–H groups in total. The molecule has 0 rings (SSSR count). The average Bonchev–Trinajstić information content (AvgIpc) is 1.41. The molecule has 24 valence electrons. The molecular formula is C4H3N. The molecule has 0 unspecified atom stereocenters. The minimum Gasteiger partial charge on any atom is -0.197 e. The standard InChI is InChI=1S/C4H3N/c1-2-3-4-5/h1H,3H2. The summed E-state index contributed by atoms with van der Waals surface area (Å²) in [5, 5.41) is 7.67. The van der Waals surface area contributed by atoms with Gasteiger partial charge in [0.1, 0.15) is 0 Å². The summed E-state index contributed by atoms with van der Waals surface area (Å²) in [6, 6.07) is 1.78. The van der Waals surface area contributed by atoms with Crippen molar-refractivity contribution in [3.8, 4) is 18.4 Å². The predicted octanol–water partition coefficient (Wildman–Crippen LogP) is 0.533. The molecule has 1 heteroatoms. The topological polar surface area (TPSA) is 23.8 Å². The zero-order chi connectivity index (χ0) is 4.12. The highest BCUT2D eigenvalue weighted by atomic mass is 14.2. The van der Waals surface area contributed by atoms with Crippen LogP contribution in [0.5, 0.6) is 0 Å². The van der Waals surface area contributed by atoms with Crippen LogP contribution in [-0.4, -0.2) is 0 Å². The third-order valence-electron chi connectivity index (χ3n) is 0.181. The van der Waals surface area contributed by atoms with Crippen molar-refractivity contribution >= 4 is 0 Å². The lowest BCUT2D eigenvalue weighted by Gasteiger charge is -1.51. The number of rotatable bonds is 0. The summed E-state index contributed by atoms with van der Waals surface area (Å²) in [6.45, 7) is 0. The van der Waals surface area contributed by atoms with Gasteiger partial charge in [0.25, 0.3) is 0 Å². The molecule has 0 radical (unpaired) electrons. The Morgan fingerprint density at radius 3 is 2.40 bits per heavy atom. The quantitative estimate of drug-likeness (QED) is 0.378. The first-order chi connectivity index (χ1) is 2.41. The van der Waals surface area contributed by atoms with Crippen molar-refractivity contribution in [2.45, 2.75) is 6.42 Å². The van der Waals surface area contributed by atoms with Gasteiger partial charge in [-0.15, -0.1) is 6.42 Å². The van der Waals surface area contributed by atoms with Gasteiger partial charge in [-0.1, -0.05) is 5.92 Å². The van der Waals surface area contributed by atoms with Crippen molar-refractivity contribution in [1.82, 2.24) is 0 Å². The Balaban J connectivity index is 2.86. The van der Waals surface area contributed by atoms with Crippen LogP contribution in [0.1, 0.15) is 6.42 Å². The first-order valence-electron chi connectivity index (χ1n) is 1.22. The van der Waals surface area contributed by atoms with Crippen LogP contribution < -0.4 is 0 Å². The number of nitrogens with zero attached hydrogens (tertiary/aromatic N) is 1. The fraction of sp³-hybridized carbons (Fsp3) is 0.250. The van der Waals surface area contributed by atoms with E-state index in [1.807, 2.05) is 0 Å². The van der Waals surface area contributed by atoms with Crippen LogP contribution in [0.4, 0.5) is 0 Å². The Labute approximate surface area is 31.2 Å². The van der Waals surface area contributed by atoms with Crippen LogP contribution >= 0.6 is 0 Å². The van der Waals surface area contributed by atoms with E-state index in [1.54, 1.807) is 6.07 Å². The van der Waals surface area contributed by atoms with E-state index < -0.39 is 0 Å². The largest absolute Gasteiger partial charge is 0.197 e. The van der Waals surface area contributed by atoms with E-state index in [2.05, 4.69) is 12.3 Å². The number of nitriles is 1. The Kier molecular flexibility index (Phi) is 2.47. The highest BCUT2D eigenvalue weighted by molar-refractivity contribution is 4.94. The summed E-state index contributed by atoms with van der Waals surface area (Å²) in [6.07, 6.45) is 4.89. The SMILES string of the molecule is C#CCC#N. The second-order valence-electron chi connectivity index (χ2n) is 0.539. The van der Waals surface area contributed by atoms with Gasteiger partial charge < -0.3 is 0 Å². The summed E-state index contributed by atoms with van der Waals surface area (Å²) in [5.41, 5.74) is 0. The molecule has 0 fully saturated rings. The van der Waals surface area contributed by atoms with Crippen LogP contribution in [0.2, 0.25) is 0 Å². The molecule has 0 aromatic heterocycles. The molecule has 0 heterocycles. The van der Waals surface area contributed by atoms with Crippen molar-refractivity contribution in [3.05, 3.63) is 0 Å². The maximum Gasteiger partial charge on any atom is 0.0960 e. The van der Waals surface area contributed by atoms with Crippen molar-refractivity contribution < 1.29 is 0 Å². The Hall–Kier alpha value is -0.950. The summed E-state index contributed by atoms with van der Waals surface area (Å²) >= 11 is 0. The molecule has 0 aromatic rings. The van der Waals surface area contributed by atoms with Gasteiger partial charge in [-0.3, -0.25) is 0 Å². The van der Waals surface area contributed by atoms with Gasteiger partial charge in [0, 0.05) is 0 Å². The first-order valence-corrected chi connectivity index (χ1v) is 1.22. The number of hydrogen-bond acceptors (Lipinski definition) is 1. The smallest absolute Gasteiger partial charge is 0.0960 e. The van der Waals surface area contributed by atoms with E-state index in [0.717, 1.165) is 0 Å². The lowest BCUT2D eigenvalue weighted by molar-refractivity contribution is 1.40. The third-order valence-corrected chi connectivity index (χ3v) is 0.181. The molecule has 0 saturated carbocycles. The average molecular weight is 65.1 g/mol. The molecule has 0 atom stereocenters. The van der Waals surface area contributed by atoms with Crippen LogP contribution in [-0.2, 0) is 0 Å². The summed E-state index contributed by atoms with van der Waals surface area (Å²) in [4.78, 5) is 0. The molecule has 0 aromatic carbocycles. The van der Waals surface area contributed by atoms with Gasteiger partial charge in [0.05, 0.1) is 12.5 Å². The maximum atomic E-state index is 7.67. The van der Waals surface area contributed by atoms with E-state index in [9.17, 15) is 0 Å². The summed E-state index contributed by atoms with van der Waals surface area (Å²) < 4.78 is 0. The molecule has 1 nitrogen and oxygen atoms in total. The van der Waals surface area contributed by atoms with Crippen LogP contribution in [0.15, 0.2) is 0 Å². The van der Waals surface area contributed by atoms with Crippen molar-refractivity contribution in [3.63, 3.8) is 0 Å². The fourth-order valence-corrected chi connectivity index (χ4v) is 0.0456. The molecule has 0 amide bonds. The monoisotopic (exact) mass is 65.0 g/mol. The van der Waals surface area contributed by atoms with Gasteiger partial charge in [0.15, 0.2) is 0 Å². The molecule has 0 aliphatic rings. The Morgan fingerprint density at radius 2 is 2.40 bits per heavy atom. The Bertz CT molecular complexity index is 68.8. The molecule has 0 aliphatic carbocycles. The van der Waals surface area contributed by atoms with Gasteiger partial charge in [-0.2, -0.15) is 5.26 Å². The van der Waals surface area contributed by atoms with Crippen molar-refractivity contribution in [2.75, 3.05) is 0 Å². The van der Waals surface area contributed by atoms with E-state index in [-0.39, 0.29) is 6.42 Å². The lowest BCUT2D eigenvalue weighted by Crippen LogP contribution is -1.47. The molecular weight excluding hydrogens is 62.1 g/mol. The van der Waals surface area contributed by atoms with E-state index in [0.29, 0.717) is 0 Å². The van der Waals surface area contributed by atoms with E-state index >= 15 is 0 Å². The molecule has 0 spiro atoms. The number of hydrogen-bond donors (Lipinski definition) is 0. The van der Waals surface area contributed by atoms with Crippen LogP contribution in [0, 0.1) is 23.7 Å².